The van der Waals surface area contributed by atoms with Crippen LogP contribution in [0.1, 0.15) is 202 Å². The fourth-order valence-corrected chi connectivity index (χ4v) is 14.5. The molecular formula is C80H86N4O8. The number of ether oxygens (including phenoxy) is 4. The molecule has 0 aromatic heterocycles. The lowest BCUT2D eigenvalue weighted by molar-refractivity contribution is -0.116. The van der Waals surface area contributed by atoms with E-state index in [0.717, 1.165) is 153 Å². The maximum Gasteiger partial charge on any atom is 0.340 e. The maximum atomic E-state index is 14.3. The minimum absolute atomic E-state index is 0.184. The summed E-state index contributed by atoms with van der Waals surface area (Å²) in [6.45, 7) is 24.1. The van der Waals surface area contributed by atoms with Crippen molar-refractivity contribution in [3.05, 3.63) is 224 Å². The van der Waals surface area contributed by atoms with Crippen molar-refractivity contribution >= 4 is 57.9 Å². The van der Waals surface area contributed by atoms with Gasteiger partial charge in [-0.2, -0.15) is 0 Å². The molecule has 474 valence electrons. The third-order valence-corrected chi connectivity index (χ3v) is 19.6. The monoisotopic (exact) mass is 1230 g/mol. The lowest BCUT2D eigenvalue weighted by atomic mass is 9.72. The van der Waals surface area contributed by atoms with Gasteiger partial charge in [-0.3, -0.25) is 19.4 Å². The third kappa shape index (κ3) is 10.9. The van der Waals surface area contributed by atoms with Crippen molar-refractivity contribution in [1.29, 1.82) is 0 Å². The molecular weight excluding hydrogens is 1140 g/mol. The topological polar surface area (TPSA) is 118 Å². The molecule has 8 aromatic rings. The van der Waals surface area contributed by atoms with Gasteiger partial charge in [-0.05, 0) is 153 Å². The molecule has 0 N–H and O–H groups in total. The molecule has 0 fully saturated rings. The highest BCUT2D eigenvalue weighted by molar-refractivity contribution is 6.03. The van der Waals surface area contributed by atoms with Crippen LogP contribution in [0.5, 0.6) is 23.0 Å². The molecule has 12 nitrogen and oxygen atoms in total. The standard InChI is InChI=1S/C80H86N4O8/c1-11-16-41-78(10,56-29-33-58(34-30-56)83(54(8)85)70-50-68-72(46-52(70)6)89-74-48-60(81(42-17-12-2)43-18-13-3)37-39-66(74)79(68)64-27-23-21-25-62(64)76(87)91-79)57-31-35-59(36-32-57)84(55(9)86)71-51-69-73(47-53(71)7)90-75-49-61(82(44-19-14-4)45-20-15-5)38-40-67(75)80(69)65-28-24-22-26-63(65)77(88)92-80/h21-40,46-51H,11-20,41-45H2,1-10H3. The molecule has 0 bridgehead atoms. The molecule has 12 heteroatoms. The Morgan fingerprint density at radius 2 is 0.761 bits per heavy atom. The van der Waals surface area contributed by atoms with Crippen LogP contribution in [0.2, 0.25) is 0 Å². The van der Waals surface area contributed by atoms with Crippen molar-refractivity contribution in [2.45, 2.75) is 156 Å². The summed E-state index contributed by atoms with van der Waals surface area (Å²) in [6, 6.07) is 52.2. The van der Waals surface area contributed by atoms with Crippen molar-refractivity contribution in [3.63, 3.8) is 0 Å². The second-order valence-electron chi connectivity index (χ2n) is 25.7. The maximum absolute atomic E-state index is 14.3. The zero-order valence-corrected chi connectivity index (χ0v) is 55.2. The summed E-state index contributed by atoms with van der Waals surface area (Å²) in [7, 11) is 0. The van der Waals surface area contributed by atoms with E-state index in [4.69, 9.17) is 18.9 Å². The molecule has 4 aliphatic heterocycles. The predicted octanol–water partition coefficient (Wildman–Crippen LogP) is 19.1. The Balaban J connectivity index is 0.878. The molecule has 92 heavy (non-hydrogen) atoms. The Morgan fingerprint density at radius 3 is 1.12 bits per heavy atom. The first kappa shape index (κ1) is 63.0. The molecule has 0 saturated carbocycles. The first-order valence-corrected chi connectivity index (χ1v) is 33.5. The molecule has 0 radical (unpaired) electrons. The number of amides is 2. The number of aryl methyl sites for hydroxylation is 2. The van der Waals surface area contributed by atoms with E-state index in [2.05, 4.69) is 112 Å². The second kappa shape index (κ2) is 25.8. The van der Waals surface area contributed by atoms with E-state index in [1.807, 2.05) is 111 Å². The Labute approximate surface area is 543 Å². The average Bonchev–Trinajstić information content (AvgIpc) is 1.44. The van der Waals surface area contributed by atoms with Crippen LogP contribution in [-0.4, -0.2) is 49.9 Å². The van der Waals surface area contributed by atoms with Gasteiger partial charge in [0.05, 0.1) is 22.5 Å². The van der Waals surface area contributed by atoms with E-state index in [-0.39, 0.29) is 11.8 Å². The van der Waals surface area contributed by atoms with Crippen molar-refractivity contribution in [1.82, 2.24) is 0 Å². The van der Waals surface area contributed by atoms with Crippen LogP contribution in [0.4, 0.5) is 34.1 Å². The second-order valence-corrected chi connectivity index (χ2v) is 25.7. The molecule has 4 aliphatic rings. The number of nitrogens with zero attached hydrogens (tertiary/aromatic N) is 4. The molecule has 4 heterocycles. The number of unbranched alkanes of at least 4 members (excludes halogenated alkanes) is 5. The quantitative estimate of drug-likeness (QED) is 0.0573. The number of carbonyl (C=O) groups excluding carboxylic acids is 4. The smallest absolute Gasteiger partial charge is 0.340 e. The van der Waals surface area contributed by atoms with E-state index in [1.54, 1.807) is 23.6 Å². The van der Waals surface area contributed by atoms with Gasteiger partial charge in [0.2, 0.25) is 11.8 Å². The van der Waals surface area contributed by atoms with E-state index in [9.17, 15) is 19.2 Å². The van der Waals surface area contributed by atoms with Gasteiger partial charge in [-0.25, -0.2) is 9.59 Å². The lowest BCUT2D eigenvalue weighted by Crippen LogP contribution is -2.34. The SMILES string of the molecule is CCCCN(CCCC)c1ccc2c(c1)Oc1cc(C)c(N(C(C)=O)c3ccc(C(C)(CCCC)c4ccc(N(C(C)=O)c5cc6c(cc5C)Oc5cc(N(CCCC)CCCC)ccc5C65OC(=O)c6ccccc65)cc4)cc3)cc1C21OC(=O)c2ccccc21. The number of esters is 2. The van der Waals surface area contributed by atoms with Gasteiger partial charge in [0.15, 0.2) is 11.2 Å². The predicted molar refractivity (Wildman–Crippen MR) is 367 cm³/mol. The van der Waals surface area contributed by atoms with Crippen LogP contribution in [0.15, 0.2) is 158 Å². The molecule has 12 rings (SSSR count). The van der Waals surface area contributed by atoms with Crippen LogP contribution in [0.3, 0.4) is 0 Å². The lowest BCUT2D eigenvalue weighted by Gasteiger charge is -2.38. The highest BCUT2D eigenvalue weighted by Crippen LogP contribution is 2.60. The summed E-state index contributed by atoms with van der Waals surface area (Å²) < 4.78 is 27.2. The van der Waals surface area contributed by atoms with Crippen LogP contribution in [-0.2, 0) is 35.7 Å². The normalized spacial score (nSPS) is 16.8. The summed E-state index contributed by atoms with van der Waals surface area (Å²) in [5.41, 5.74) is 10.6. The van der Waals surface area contributed by atoms with Crippen LogP contribution in [0, 0.1) is 13.8 Å². The summed E-state index contributed by atoms with van der Waals surface area (Å²) in [5.74, 6) is 1.19. The Morgan fingerprint density at radius 1 is 0.413 bits per heavy atom. The van der Waals surface area contributed by atoms with Gasteiger partial charge in [-0.15, -0.1) is 0 Å². The van der Waals surface area contributed by atoms with Gasteiger partial charge in [-0.1, -0.05) is 141 Å². The zero-order valence-electron chi connectivity index (χ0n) is 55.2. The Hall–Kier alpha value is -9.16. The van der Waals surface area contributed by atoms with Crippen LogP contribution >= 0.6 is 0 Å². The summed E-state index contributed by atoms with van der Waals surface area (Å²) in [4.78, 5) is 65.0. The van der Waals surface area contributed by atoms with Crippen molar-refractivity contribution in [2.75, 3.05) is 45.8 Å². The van der Waals surface area contributed by atoms with E-state index in [1.165, 1.54) is 0 Å². The summed E-state index contributed by atoms with van der Waals surface area (Å²) in [5, 5.41) is 0. The molecule has 8 aromatic carbocycles. The van der Waals surface area contributed by atoms with Gasteiger partial charge in [0, 0.05) is 114 Å². The first-order chi connectivity index (χ1) is 44.5. The Kier molecular flexibility index (Phi) is 17.7. The number of benzene rings is 8. The number of anilines is 6. The fraction of sp³-hybridized carbons (Fsp3) is 0.350. The highest BCUT2D eigenvalue weighted by atomic mass is 16.6. The van der Waals surface area contributed by atoms with Crippen LogP contribution in [0.25, 0.3) is 0 Å². The van der Waals surface area contributed by atoms with Crippen molar-refractivity contribution in [3.8, 4) is 23.0 Å². The number of fused-ring (bicyclic) bond motifs is 12. The molecule has 2 spiro atoms. The van der Waals surface area contributed by atoms with E-state index >= 15 is 0 Å². The van der Waals surface area contributed by atoms with Gasteiger partial charge < -0.3 is 28.7 Å². The van der Waals surface area contributed by atoms with Crippen molar-refractivity contribution < 1.29 is 38.1 Å². The summed E-state index contributed by atoms with van der Waals surface area (Å²) in [6.07, 6.45) is 11.4. The van der Waals surface area contributed by atoms with E-state index < -0.39 is 28.6 Å². The van der Waals surface area contributed by atoms with Gasteiger partial charge in [0.25, 0.3) is 0 Å². The van der Waals surface area contributed by atoms with Gasteiger partial charge in [0.1, 0.15) is 23.0 Å². The number of carbonyl (C=O) groups is 4. The first-order valence-electron chi connectivity index (χ1n) is 33.5. The number of rotatable bonds is 23. The van der Waals surface area contributed by atoms with Crippen molar-refractivity contribution in [2.24, 2.45) is 0 Å². The third-order valence-electron chi connectivity index (χ3n) is 19.6. The molecule has 0 saturated heterocycles. The minimum Gasteiger partial charge on any atom is -0.456 e. The number of hydrogen-bond acceptors (Lipinski definition) is 10. The zero-order chi connectivity index (χ0) is 64.6. The average molecular weight is 1230 g/mol. The number of hydrogen-bond donors (Lipinski definition) is 0. The van der Waals surface area contributed by atoms with Gasteiger partial charge >= 0.3 is 11.9 Å². The summed E-state index contributed by atoms with van der Waals surface area (Å²) >= 11 is 0. The Bertz CT molecular complexity index is 3860. The fourth-order valence-electron chi connectivity index (χ4n) is 14.5. The molecule has 2 atom stereocenters. The van der Waals surface area contributed by atoms with Crippen LogP contribution < -0.4 is 29.1 Å². The molecule has 0 aliphatic carbocycles. The minimum atomic E-state index is -1.34. The van der Waals surface area contributed by atoms with E-state index in [0.29, 0.717) is 68.0 Å². The highest BCUT2D eigenvalue weighted by Gasteiger charge is 2.56. The largest absolute Gasteiger partial charge is 0.456 e. The molecule has 2 amide bonds. The molecule has 2 unspecified atom stereocenters.